The van der Waals surface area contributed by atoms with Crippen molar-refractivity contribution in [2.24, 2.45) is 0 Å². The predicted octanol–water partition coefficient (Wildman–Crippen LogP) is 4.92. The highest BCUT2D eigenvalue weighted by Gasteiger charge is 2.17. The molecule has 4 rings (SSSR count). The van der Waals surface area contributed by atoms with Gasteiger partial charge in [0.1, 0.15) is 0 Å². The van der Waals surface area contributed by atoms with E-state index in [9.17, 15) is 4.79 Å². The molecule has 4 nitrogen and oxygen atoms in total. The van der Waals surface area contributed by atoms with E-state index in [1.54, 1.807) is 0 Å². The van der Waals surface area contributed by atoms with Crippen LogP contribution in [-0.2, 0) is 11.3 Å². The number of hydrogen-bond acceptors (Lipinski definition) is 2. The van der Waals surface area contributed by atoms with Crippen LogP contribution < -0.4 is 10.2 Å². The van der Waals surface area contributed by atoms with Crippen LogP contribution in [0.4, 0.5) is 11.4 Å². The predicted molar refractivity (Wildman–Crippen MR) is 108 cm³/mol. The van der Waals surface area contributed by atoms with E-state index in [0.29, 0.717) is 18.0 Å². The van der Waals surface area contributed by atoms with E-state index in [4.69, 9.17) is 11.6 Å². The molecule has 1 aliphatic rings. The Labute approximate surface area is 158 Å². The number of rotatable bonds is 5. The first kappa shape index (κ1) is 17.0. The average molecular weight is 368 g/mol. The van der Waals surface area contributed by atoms with E-state index in [0.717, 1.165) is 30.0 Å². The molecule has 1 aromatic heterocycles. The van der Waals surface area contributed by atoms with Gasteiger partial charge in [0.25, 0.3) is 0 Å². The van der Waals surface area contributed by atoms with Crippen LogP contribution in [0.1, 0.15) is 19.3 Å². The molecule has 1 N–H and O–H groups in total. The number of benzene rings is 2. The van der Waals surface area contributed by atoms with E-state index in [1.807, 2.05) is 36.5 Å². The number of nitrogens with one attached hydrogen (secondary N) is 1. The highest BCUT2D eigenvalue weighted by atomic mass is 35.5. The smallest absolute Gasteiger partial charge is 0.226 e. The molecule has 0 spiro atoms. The molecule has 26 heavy (non-hydrogen) atoms. The molecule has 134 valence electrons. The Morgan fingerprint density at radius 1 is 1.08 bits per heavy atom. The molecule has 0 atom stereocenters. The molecule has 1 fully saturated rings. The fourth-order valence-corrected chi connectivity index (χ4v) is 3.78. The van der Waals surface area contributed by atoms with Gasteiger partial charge in [-0.1, -0.05) is 29.8 Å². The SMILES string of the molecule is O=C(CCn1ccc2ccccc21)Nc1cc(Cl)ccc1N1CCCC1. The molecule has 2 heterocycles. The molecular weight excluding hydrogens is 346 g/mol. The number of nitrogens with zero attached hydrogens (tertiary/aromatic N) is 2. The number of anilines is 2. The van der Waals surface area contributed by atoms with E-state index in [1.165, 1.54) is 18.2 Å². The normalized spacial score (nSPS) is 14.1. The summed E-state index contributed by atoms with van der Waals surface area (Å²) in [6.45, 7) is 2.71. The van der Waals surface area contributed by atoms with Crippen molar-refractivity contribution in [1.82, 2.24) is 4.57 Å². The highest BCUT2D eigenvalue weighted by molar-refractivity contribution is 6.31. The second-order valence-electron chi connectivity index (χ2n) is 6.72. The Bertz CT molecular complexity index is 928. The molecule has 5 heteroatoms. The van der Waals surface area contributed by atoms with Gasteiger partial charge >= 0.3 is 0 Å². The minimum absolute atomic E-state index is 0.00509. The summed E-state index contributed by atoms with van der Waals surface area (Å²) in [5, 5.41) is 4.89. The topological polar surface area (TPSA) is 37.3 Å². The van der Waals surface area contributed by atoms with Gasteiger partial charge in [-0.05, 0) is 48.6 Å². The monoisotopic (exact) mass is 367 g/mol. The van der Waals surface area contributed by atoms with Crippen LogP contribution >= 0.6 is 11.6 Å². The number of aryl methyl sites for hydroxylation is 1. The van der Waals surface area contributed by atoms with Crippen LogP contribution in [0.15, 0.2) is 54.7 Å². The fraction of sp³-hybridized carbons (Fsp3) is 0.286. The van der Waals surface area contributed by atoms with E-state index < -0.39 is 0 Å². The zero-order valence-electron chi connectivity index (χ0n) is 14.6. The summed E-state index contributed by atoms with van der Waals surface area (Å²) in [5.41, 5.74) is 3.02. The van der Waals surface area contributed by atoms with Gasteiger partial charge in [0.2, 0.25) is 5.91 Å². The van der Waals surface area contributed by atoms with Crippen LogP contribution in [0.2, 0.25) is 5.02 Å². The van der Waals surface area contributed by atoms with Gasteiger partial charge in [0.05, 0.1) is 11.4 Å². The largest absolute Gasteiger partial charge is 0.370 e. The second-order valence-corrected chi connectivity index (χ2v) is 7.16. The highest BCUT2D eigenvalue weighted by Crippen LogP contribution is 2.31. The lowest BCUT2D eigenvalue weighted by Crippen LogP contribution is -2.21. The van der Waals surface area contributed by atoms with E-state index in [-0.39, 0.29) is 5.91 Å². The van der Waals surface area contributed by atoms with Gasteiger partial charge in [-0.3, -0.25) is 4.79 Å². The Balaban J connectivity index is 1.45. The van der Waals surface area contributed by atoms with Gasteiger partial charge in [0, 0.05) is 42.8 Å². The van der Waals surface area contributed by atoms with Crippen molar-refractivity contribution in [3.63, 3.8) is 0 Å². The molecule has 1 saturated heterocycles. The van der Waals surface area contributed by atoms with E-state index in [2.05, 4.69) is 33.0 Å². The van der Waals surface area contributed by atoms with Crippen molar-refractivity contribution >= 4 is 39.8 Å². The third-order valence-electron chi connectivity index (χ3n) is 4.94. The standard InChI is InChI=1S/C21H22ClN3O/c22-17-7-8-20(24-11-3-4-12-24)18(15-17)23-21(26)10-14-25-13-9-16-5-1-2-6-19(16)25/h1-2,5-9,13,15H,3-4,10-12,14H2,(H,23,26). The van der Waals surface area contributed by atoms with Crippen molar-refractivity contribution in [2.45, 2.75) is 25.8 Å². The van der Waals surface area contributed by atoms with Crippen LogP contribution in [0.3, 0.4) is 0 Å². The first-order valence-electron chi connectivity index (χ1n) is 9.09. The first-order chi connectivity index (χ1) is 12.7. The third kappa shape index (κ3) is 3.56. The number of amides is 1. The zero-order valence-corrected chi connectivity index (χ0v) is 15.4. The molecule has 1 amide bonds. The quantitative estimate of drug-likeness (QED) is 0.694. The number of fused-ring (bicyclic) bond motifs is 1. The number of hydrogen-bond donors (Lipinski definition) is 1. The van der Waals surface area contributed by atoms with Crippen LogP contribution in [0.25, 0.3) is 10.9 Å². The number of para-hydroxylation sites is 1. The minimum atomic E-state index is 0.00509. The number of carbonyl (C=O) groups is 1. The fourth-order valence-electron chi connectivity index (χ4n) is 3.61. The van der Waals surface area contributed by atoms with Crippen LogP contribution in [-0.4, -0.2) is 23.6 Å². The number of halogens is 1. The average Bonchev–Trinajstić information content (AvgIpc) is 3.30. The maximum absolute atomic E-state index is 12.5. The number of aromatic nitrogens is 1. The Morgan fingerprint density at radius 3 is 2.73 bits per heavy atom. The van der Waals surface area contributed by atoms with Crippen molar-refractivity contribution in [2.75, 3.05) is 23.3 Å². The van der Waals surface area contributed by atoms with Gasteiger partial charge in [0.15, 0.2) is 0 Å². The molecule has 3 aromatic rings. The summed E-state index contributed by atoms with van der Waals surface area (Å²) in [5.74, 6) is 0.00509. The van der Waals surface area contributed by atoms with Gasteiger partial charge in [-0.2, -0.15) is 0 Å². The zero-order chi connectivity index (χ0) is 17.9. The van der Waals surface area contributed by atoms with Gasteiger partial charge in [-0.25, -0.2) is 0 Å². The molecule has 0 radical (unpaired) electrons. The molecule has 2 aromatic carbocycles. The summed E-state index contributed by atoms with van der Waals surface area (Å²) in [4.78, 5) is 14.8. The molecular formula is C21H22ClN3O. The van der Waals surface area contributed by atoms with E-state index >= 15 is 0 Å². The Morgan fingerprint density at radius 2 is 1.88 bits per heavy atom. The molecule has 1 aliphatic heterocycles. The Hall–Kier alpha value is -2.46. The van der Waals surface area contributed by atoms with Crippen molar-refractivity contribution < 1.29 is 4.79 Å². The minimum Gasteiger partial charge on any atom is -0.370 e. The lowest BCUT2D eigenvalue weighted by molar-refractivity contribution is -0.116. The lowest BCUT2D eigenvalue weighted by Gasteiger charge is -2.22. The van der Waals surface area contributed by atoms with Crippen LogP contribution in [0, 0.1) is 0 Å². The second kappa shape index (κ2) is 7.42. The first-order valence-corrected chi connectivity index (χ1v) is 9.47. The molecule has 0 aliphatic carbocycles. The summed E-state index contributed by atoms with van der Waals surface area (Å²) < 4.78 is 2.12. The van der Waals surface area contributed by atoms with Crippen molar-refractivity contribution in [3.05, 3.63) is 59.8 Å². The molecule has 0 unspecified atom stereocenters. The van der Waals surface area contributed by atoms with Crippen molar-refractivity contribution in [3.8, 4) is 0 Å². The lowest BCUT2D eigenvalue weighted by atomic mass is 10.2. The summed E-state index contributed by atoms with van der Waals surface area (Å²) >= 11 is 6.16. The maximum atomic E-state index is 12.5. The summed E-state index contributed by atoms with van der Waals surface area (Å²) in [7, 11) is 0. The van der Waals surface area contributed by atoms with Gasteiger partial charge < -0.3 is 14.8 Å². The maximum Gasteiger partial charge on any atom is 0.226 e. The summed E-state index contributed by atoms with van der Waals surface area (Å²) in [6.07, 6.45) is 4.84. The Kier molecular flexibility index (Phi) is 4.85. The number of carbonyl (C=O) groups excluding carboxylic acids is 1. The van der Waals surface area contributed by atoms with Gasteiger partial charge in [-0.15, -0.1) is 0 Å². The summed E-state index contributed by atoms with van der Waals surface area (Å²) in [6, 6.07) is 16.0. The van der Waals surface area contributed by atoms with Crippen molar-refractivity contribution in [1.29, 1.82) is 0 Å². The van der Waals surface area contributed by atoms with Crippen LogP contribution in [0.5, 0.6) is 0 Å². The molecule has 0 bridgehead atoms. The molecule has 0 saturated carbocycles. The third-order valence-corrected chi connectivity index (χ3v) is 5.17.